The topological polar surface area (TPSA) is 75.5 Å². The summed E-state index contributed by atoms with van der Waals surface area (Å²) < 4.78 is 0. The van der Waals surface area contributed by atoms with Crippen LogP contribution in [0.1, 0.15) is 12.0 Å². The average molecular weight is 351 g/mol. The highest BCUT2D eigenvalue weighted by Gasteiger charge is 2.22. The summed E-state index contributed by atoms with van der Waals surface area (Å²) in [4.78, 5) is 24.9. The van der Waals surface area contributed by atoms with E-state index in [9.17, 15) is 14.9 Å². The van der Waals surface area contributed by atoms with Crippen LogP contribution < -0.4 is 10.2 Å². The van der Waals surface area contributed by atoms with Gasteiger partial charge in [-0.05, 0) is 36.6 Å². The minimum absolute atomic E-state index is 0.00848. The second-order valence-corrected chi connectivity index (χ2v) is 6.33. The average Bonchev–Trinajstić information content (AvgIpc) is 3.14. The van der Waals surface area contributed by atoms with Gasteiger partial charge in [0, 0.05) is 37.5 Å². The van der Waals surface area contributed by atoms with E-state index in [2.05, 4.69) is 22.3 Å². The van der Waals surface area contributed by atoms with Crippen molar-refractivity contribution in [2.75, 3.05) is 24.5 Å². The van der Waals surface area contributed by atoms with Gasteiger partial charge < -0.3 is 10.2 Å². The zero-order valence-corrected chi connectivity index (χ0v) is 14.4. The van der Waals surface area contributed by atoms with Crippen molar-refractivity contribution in [2.24, 2.45) is 5.92 Å². The third-order valence-corrected chi connectivity index (χ3v) is 4.52. The second-order valence-electron chi connectivity index (χ2n) is 6.33. The quantitative estimate of drug-likeness (QED) is 0.492. The highest BCUT2D eigenvalue weighted by Crippen LogP contribution is 2.23. The molecule has 1 amide bonds. The Morgan fingerprint density at radius 2 is 1.92 bits per heavy atom. The normalized spacial score (nSPS) is 16.8. The first kappa shape index (κ1) is 17.7. The Morgan fingerprint density at radius 1 is 1.19 bits per heavy atom. The molecule has 1 unspecified atom stereocenters. The third-order valence-electron chi connectivity index (χ3n) is 4.52. The Labute approximate surface area is 152 Å². The Bertz CT molecular complexity index is 805. The first-order valence-corrected chi connectivity index (χ1v) is 8.63. The van der Waals surface area contributed by atoms with Crippen LogP contribution >= 0.6 is 0 Å². The minimum atomic E-state index is -0.450. The van der Waals surface area contributed by atoms with E-state index in [1.807, 2.05) is 18.2 Å². The van der Waals surface area contributed by atoms with Gasteiger partial charge >= 0.3 is 0 Å². The molecule has 0 aliphatic carbocycles. The molecule has 1 fully saturated rings. The van der Waals surface area contributed by atoms with E-state index in [0.29, 0.717) is 18.0 Å². The van der Waals surface area contributed by atoms with Crippen LogP contribution in [0, 0.1) is 16.0 Å². The molecule has 1 saturated heterocycles. The van der Waals surface area contributed by atoms with Crippen molar-refractivity contribution in [3.8, 4) is 0 Å². The van der Waals surface area contributed by atoms with Gasteiger partial charge in [-0.1, -0.05) is 30.3 Å². The Morgan fingerprint density at radius 3 is 2.69 bits per heavy atom. The van der Waals surface area contributed by atoms with Crippen molar-refractivity contribution in [3.05, 3.63) is 76.4 Å². The minimum Gasteiger partial charge on any atom is -0.371 e. The van der Waals surface area contributed by atoms with Gasteiger partial charge in [0.15, 0.2) is 0 Å². The summed E-state index contributed by atoms with van der Waals surface area (Å²) in [6.45, 7) is 2.50. The summed E-state index contributed by atoms with van der Waals surface area (Å²) in [5, 5.41) is 13.9. The maximum atomic E-state index is 12.0. The SMILES string of the molecule is O=C(/C=C/c1ccccc1[N+](=O)[O-])NCC1CCN(c2ccccc2)C1. The zero-order valence-electron chi connectivity index (χ0n) is 14.4. The number of amides is 1. The third kappa shape index (κ3) is 4.47. The fourth-order valence-electron chi connectivity index (χ4n) is 3.14. The monoisotopic (exact) mass is 351 g/mol. The van der Waals surface area contributed by atoms with E-state index in [0.717, 1.165) is 19.5 Å². The molecule has 1 aliphatic heterocycles. The highest BCUT2D eigenvalue weighted by atomic mass is 16.6. The second kappa shape index (κ2) is 8.29. The van der Waals surface area contributed by atoms with E-state index >= 15 is 0 Å². The van der Waals surface area contributed by atoms with Gasteiger partial charge in [0.2, 0.25) is 5.91 Å². The van der Waals surface area contributed by atoms with E-state index in [-0.39, 0.29) is 11.6 Å². The molecule has 1 heterocycles. The number of nitrogens with one attached hydrogen (secondary N) is 1. The van der Waals surface area contributed by atoms with Gasteiger partial charge in [0.05, 0.1) is 10.5 Å². The summed E-state index contributed by atoms with van der Waals surface area (Å²) in [6.07, 6.45) is 3.87. The van der Waals surface area contributed by atoms with E-state index < -0.39 is 4.92 Å². The number of para-hydroxylation sites is 2. The van der Waals surface area contributed by atoms with Crippen molar-refractivity contribution < 1.29 is 9.72 Å². The summed E-state index contributed by atoms with van der Waals surface area (Å²) >= 11 is 0. The molecule has 1 aliphatic rings. The predicted octanol–water partition coefficient (Wildman–Crippen LogP) is 3.25. The molecule has 0 saturated carbocycles. The van der Waals surface area contributed by atoms with Gasteiger partial charge in [-0.25, -0.2) is 0 Å². The van der Waals surface area contributed by atoms with Gasteiger partial charge in [0.1, 0.15) is 0 Å². The smallest absolute Gasteiger partial charge is 0.276 e. The van der Waals surface area contributed by atoms with Gasteiger partial charge in [0.25, 0.3) is 5.69 Å². The fourth-order valence-corrected chi connectivity index (χ4v) is 3.14. The summed E-state index contributed by atoms with van der Waals surface area (Å²) in [5.74, 6) is 0.167. The molecule has 2 aromatic carbocycles. The molecule has 0 spiro atoms. The molecule has 1 atom stereocenters. The lowest BCUT2D eigenvalue weighted by molar-refractivity contribution is -0.385. The molecular formula is C20H21N3O3. The maximum Gasteiger partial charge on any atom is 0.276 e. The van der Waals surface area contributed by atoms with Crippen LogP contribution in [0.15, 0.2) is 60.7 Å². The number of benzene rings is 2. The first-order chi connectivity index (χ1) is 12.6. The molecule has 0 radical (unpaired) electrons. The van der Waals surface area contributed by atoms with E-state index in [1.54, 1.807) is 18.2 Å². The summed E-state index contributed by atoms with van der Waals surface area (Å²) in [5.41, 5.74) is 1.62. The Kier molecular flexibility index (Phi) is 5.63. The van der Waals surface area contributed by atoms with Crippen LogP contribution in [0.3, 0.4) is 0 Å². The molecule has 3 rings (SSSR count). The number of carbonyl (C=O) groups excluding carboxylic acids is 1. The van der Waals surface area contributed by atoms with Gasteiger partial charge in [-0.2, -0.15) is 0 Å². The van der Waals surface area contributed by atoms with Gasteiger partial charge in [-0.15, -0.1) is 0 Å². The number of carbonyl (C=O) groups is 1. The van der Waals surface area contributed by atoms with Crippen LogP contribution in [-0.2, 0) is 4.79 Å². The van der Waals surface area contributed by atoms with Crippen LogP contribution in [0.2, 0.25) is 0 Å². The number of anilines is 1. The van der Waals surface area contributed by atoms with Crippen LogP contribution in [0.5, 0.6) is 0 Å². The molecular weight excluding hydrogens is 330 g/mol. The van der Waals surface area contributed by atoms with Crippen molar-refractivity contribution in [2.45, 2.75) is 6.42 Å². The number of rotatable bonds is 6. The van der Waals surface area contributed by atoms with Crippen molar-refractivity contribution >= 4 is 23.4 Å². The van der Waals surface area contributed by atoms with Crippen LogP contribution in [-0.4, -0.2) is 30.5 Å². The highest BCUT2D eigenvalue weighted by molar-refractivity contribution is 5.92. The lowest BCUT2D eigenvalue weighted by Gasteiger charge is -2.18. The molecule has 1 N–H and O–H groups in total. The number of nitro groups is 1. The first-order valence-electron chi connectivity index (χ1n) is 8.63. The van der Waals surface area contributed by atoms with Crippen molar-refractivity contribution in [1.82, 2.24) is 5.32 Å². The van der Waals surface area contributed by atoms with E-state index in [4.69, 9.17) is 0 Å². The van der Waals surface area contributed by atoms with Crippen molar-refractivity contribution in [3.63, 3.8) is 0 Å². The lowest BCUT2D eigenvalue weighted by atomic mass is 10.1. The number of nitrogens with zero attached hydrogens (tertiary/aromatic N) is 2. The predicted molar refractivity (Wildman–Crippen MR) is 102 cm³/mol. The molecule has 0 bridgehead atoms. The molecule has 134 valence electrons. The fraction of sp³-hybridized carbons (Fsp3) is 0.250. The standard InChI is InChI=1S/C20H21N3O3/c24-20(11-10-17-6-4-5-9-19(17)23(25)26)21-14-16-12-13-22(15-16)18-7-2-1-3-8-18/h1-11,16H,12-15H2,(H,21,24)/b11-10+. The van der Waals surface area contributed by atoms with E-state index in [1.165, 1.54) is 23.9 Å². The number of hydrogen-bond donors (Lipinski definition) is 1. The molecule has 6 nitrogen and oxygen atoms in total. The summed E-state index contributed by atoms with van der Waals surface area (Å²) in [6, 6.07) is 16.6. The Balaban J connectivity index is 1.50. The van der Waals surface area contributed by atoms with Crippen molar-refractivity contribution in [1.29, 1.82) is 0 Å². The molecule has 6 heteroatoms. The van der Waals surface area contributed by atoms with Crippen LogP contribution in [0.25, 0.3) is 6.08 Å². The Hall–Kier alpha value is -3.15. The number of nitro benzene ring substituents is 1. The lowest BCUT2D eigenvalue weighted by Crippen LogP contribution is -2.29. The molecule has 2 aromatic rings. The number of hydrogen-bond acceptors (Lipinski definition) is 4. The molecule has 26 heavy (non-hydrogen) atoms. The largest absolute Gasteiger partial charge is 0.371 e. The maximum absolute atomic E-state index is 12.0. The molecule has 0 aromatic heterocycles. The van der Waals surface area contributed by atoms with Gasteiger partial charge in [-0.3, -0.25) is 14.9 Å². The zero-order chi connectivity index (χ0) is 18.4. The van der Waals surface area contributed by atoms with Crippen LogP contribution in [0.4, 0.5) is 11.4 Å². The summed E-state index contributed by atoms with van der Waals surface area (Å²) in [7, 11) is 0.